The highest BCUT2D eigenvalue weighted by Crippen LogP contribution is 2.32. The third kappa shape index (κ3) is 4.03. The summed E-state index contributed by atoms with van der Waals surface area (Å²) in [5.41, 5.74) is 0. The van der Waals surface area contributed by atoms with E-state index in [1.54, 1.807) is 0 Å². The van der Waals surface area contributed by atoms with Crippen LogP contribution in [0.25, 0.3) is 0 Å². The van der Waals surface area contributed by atoms with Gasteiger partial charge in [0.05, 0.1) is 0 Å². The maximum absolute atomic E-state index is 2.23. The molecule has 0 nitrogen and oxygen atoms in total. The molecule has 3 aromatic carbocycles. The van der Waals surface area contributed by atoms with Crippen LogP contribution in [-0.2, 0) is 0 Å². The van der Waals surface area contributed by atoms with Crippen LogP contribution in [0.3, 0.4) is 0 Å². The van der Waals surface area contributed by atoms with Crippen LogP contribution in [-0.4, -0.2) is 0 Å². The lowest BCUT2D eigenvalue weighted by Gasteiger charge is -2.18. The molecule has 0 aliphatic heterocycles. The van der Waals surface area contributed by atoms with Crippen LogP contribution in [0.4, 0.5) is 0 Å². The van der Waals surface area contributed by atoms with Gasteiger partial charge >= 0.3 is 0 Å². The Morgan fingerprint density at radius 1 is 0.429 bits per heavy atom. The largest absolute Gasteiger partial charge is 0.0683 e. The van der Waals surface area contributed by atoms with E-state index in [0.29, 0.717) is 0 Å². The van der Waals surface area contributed by atoms with Crippen molar-refractivity contribution in [2.24, 2.45) is 0 Å². The van der Waals surface area contributed by atoms with Crippen molar-refractivity contribution in [2.75, 3.05) is 0 Å². The van der Waals surface area contributed by atoms with Gasteiger partial charge in [-0.1, -0.05) is 105 Å². The minimum Gasteiger partial charge on any atom is -0.0683 e. The summed E-state index contributed by atoms with van der Waals surface area (Å²) < 4.78 is 0. The average Bonchev–Trinajstić information content (AvgIpc) is 2.60. The smallest absolute Gasteiger partial charge is 0.0134 e. The average molecular weight is 292 g/mol. The highest BCUT2D eigenvalue weighted by atomic mass is 31.1. The second kappa shape index (κ2) is 8.39. The molecule has 0 atom stereocenters. The van der Waals surface area contributed by atoms with Crippen molar-refractivity contribution >= 4 is 23.8 Å². The highest BCUT2D eigenvalue weighted by molar-refractivity contribution is 7.79. The van der Waals surface area contributed by atoms with Gasteiger partial charge in [0.15, 0.2) is 0 Å². The molecule has 21 heavy (non-hydrogen) atoms. The Balaban J connectivity index is 0.000000774. The van der Waals surface area contributed by atoms with Gasteiger partial charge in [0.2, 0.25) is 0 Å². The normalized spacial score (nSPS) is 9.86. The van der Waals surface area contributed by atoms with Gasteiger partial charge in [-0.15, -0.1) is 0 Å². The molecule has 0 radical (unpaired) electrons. The van der Waals surface area contributed by atoms with E-state index in [0.717, 1.165) is 0 Å². The molecule has 3 rings (SSSR count). The molecule has 0 spiro atoms. The summed E-state index contributed by atoms with van der Waals surface area (Å²) in [5, 5.41) is 4.19. The molecular weight excluding hydrogens is 271 g/mol. The Morgan fingerprint density at radius 2 is 0.667 bits per heavy atom. The summed E-state index contributed by atoms with van der Waals surface area (Å²) in [7, 11) is -0.446. The Labute approximate surface area is 129 Å². The van der Waals surface area contributed by atoms with Crippen LogP contribution in [0, 0.1) is 0 Å². The first-order chi connectivity index (χ1) is 10.4. The zero-order valence-electron chi connectivity index (χ0n) is 12.6. The number of benzene rings is 3. The maximum atomic E-state index is 2.23. The van der Waals surface area contributed by atoms with E-state index < -0.39 is 7.92 Å². The van der Waals surface area contributed by atoms with Gasteiger partial charge in [-0.05, 0) is 23.8 Å². The molecular formula is C20H21P. The van der Waals surface area contributed by atoms with E-state index >= 15 is 0 Å². The third-order valence-electron chi connectivity index (χ3n) is 3.04. The molecule has 0 amide bonds. The van der Waals surface area contributed by atoms with Crippen LogP contribution >= 0.6 is 7.92 Å². The molecule has 0 bridgehead atoms. The molecule has 0 aliphatic rings. The van der Waals surface area contributed by atoms with Crippen molar-refractivity contribution in [1.82, 2.24) is 0 Å². The SMILES string of the molecule is CC.c1ccc(P(c2ccccc2)c2ccccc2)cc1. The lowest BCUT2D eigenvalue weighted by molar-refractivity contribution is 1.50. The second-order valence-electron chi connectivity index (χ2n) is 4.34. The zero-order valence-corrected chi connectivity index (χ0v) is 13.5. The summed E-state index contributed by atoms with van der Waals surface area (Å²) >= 11 is 0. The first-order valence-corrected chi connectivity index (χ1v) is 8.74. The Bertz CT molecular complexity index is 524. The van der Waals surface area contributed by atoms with E-state index in [9.17, 15) is 0 Å². The maximum Gasteiger partial charge on any atom is -0.0134 e. The van der Waals surface area contributed by atoms with Crippen LogP contribution in [0.1, 0.15) is 13.8 Å². The van der Waals surface area contributed by atoms with Crippen LogP contribution in [0.15, 0.2) is 91.0 Å². The van der Waals surface area contributed by atoms with Crippen molar-refractivity contribution in [1.29, 1.82) is 0 Å². The lowest BCUT2D eigenvalue weighted by atomic mass is 10.4. The van der Waals surface area contributed by atoms with Crippen molar-refractivity contribution in [2.45, 2.75) is 13.8 Å². The fourth-order valence-electron chi connectivity index (χ4n) is 2.18. The van der Waals surface area contributed by atoms with Gasteiger partial charge in [0.1, 0.15) is 0 Å². The number of hydrogen-bond donors (Lipinski definition) is 0. The Kier molecular flexibility index (Phi) is 6.19. The molecule has 0 unspecified atom stereocenters. The molecule has 106 valence electrons. The van der Waals surface area contributed by atoms with Gasteiger partial charge in [0, 0.05) is 0 Å². The van der Waals surface area contributed by atoms with Gasteiger partial charge in [-0.2, -0.15) is 0 Å². The molecule has 0 saturated heterocycles. The molecule has 0 aliphatic carbocycles. The van der Waals surface area contributed by atoms with Crippen molar-refractivity contribution in [3.63, 3.8) is 0 Å². The molecule has 3 aromatic rings. The predicted octanol–water partition coefficient (Wildman–Crippen LogP) is 4.47. The van der Waals surface area contributed by atoms with Crippen molar-refractivity contribution in [3.8, 4) is 0 Å². The molecule has 0 N–H and O–H groups in total. The molecule has 0 aromatic heterocycles. The second-order valence-corrected chi connectivity index (χ2v) is 6.56. The monoisotopic (exact) mass is 292 g/mol. The topological polar surface area (TPSA) is 0 Å². The first kappa shape index (κ1) is 15.5. The standard InChI is InChI=1S/C18H15P.C2H6/c1-4-10-16(11-5-1)19(17-12-6-2-7-13-17)18-14-8-3-9-15-18;1-2/h1-15H;1-2H3. The fraction of sp³-hybridized carbons (Fsp3) is 0.100. The van der Waals surface area contributed by atoms with Crippen molar-refractivity contribution < 1.29 is 0 Å². The molecule has 0 saturated carbocycles. The van der Waals surface area contributed by atoms with Gasteiger partial charge < -0.3 is 0 Å². The van der Waals surface area contributed by atoms with Gasteiger partial charge in [-0.3, -0.25) is 0 Å². The van der Waals surface area contributed by atoms with Gasteiger partial charge in [0.25, 0.3) is 0 Å². The third-order valence-corrected chi connectivity index (χ3v) is 5.49. The van der Waals surface area contributed by atoms with E-state index in [1.165, 1.54) is 15.9 Å². The highest BCUT2D eigenvalue weighted by Gasteiger charge is 2.14. The lowest BCUT2D eigenvalue weighted by Crippen LogP contribution is -2.20. The predicted molar refractivity (Wildman–Crippen MR) is 96.5 cm³/mol. The van der Waals surface area contributed by atoms with Crippen LogP contribution < -0.4 is 15.9 Å². The number of rotatable bonds is 3. The van der Waals surface area contributed by atoms with E-state index in [4.69, 9.17) is 0 Å². The summed E-state index contributed by atoms with van der Waals surface area (Å²) in [6, 6.07) is 32.3. The van der Waals surface area contributed by atoms with Crippen LogP contribution in [0.2, 0.25) is 0 Å². The molecule has 0 fully saturated rings. The minimum atomic E-state index is -0.446. The molecule has 0 heterocycles. The summed E-state index contributed by atoms with van der Waals surface area (Å²) in [5.74, 6) is 0. The van der Waals surface area contributed by atoms with Crippen molar-refractivity contribution in [3.05, 3.63) is 91.0 Å². The number of hydrogen-bond acceptors (Lipinski definition) is 0. The summed E-state index contributed by atoms with van der Waals surface area (Å²) in [6.07, 6.45) is 0. The Hall–Kier alpha value is -1.91. The zero-order chi connectivity index (χ0) is 14.9. The summed E-state index contributed by atoms with van der Waals surface area (Å²) in [4.78, 5) is 0. The van der Waals surface area contributed by atoms with E-state index in [1.807, 2.05) is 13.8 Å². The summed E-state index contributed by atoms with van der Waals surface area (Å²) in [6.45, 7) is 4.00. The Morgan fingerprint density at radius 3 is 0.905 bits per heavy atom. The fourth-order valence-corrected chi connectivity index (χ4v) is 4.48. The molecule has 1 heteroatoms. The van der Waals surface area contributed by atoms with Crippen LogP contribution in [0.5, 0.6) is 0 Å². The van der Waals surface area contributed by atoms with E-state index in [-0.39, 0.29) is 0 Å². The van der Waals surface area contributed by atoms with E-state index in [2.05, 4.69) is 91.0 Å². The van der Waals surface area contributed by atoms with Gasteiger partial charge in [-0.25, -0.2) is 0 Å². The minimum absolute atomic E-state index is 0.446. The first-order valence-electron chi connectivity index (χ1n) is 7.40. The quantitative estimate of drug-likeness (QED) is 0.625.